The summed E-state index contributed by atoms with van der Waals surface area (Å²) in [7, 11) is 0. The first-order valence-electron chi connectivity index (χ1n) is 7.02. The molecule has 1 saturated heterocycles. The maximum Gasteiger partial charge on any atom is 0.272 e. The number of amides is 1. The lowest BCUT2D eigenvalue weighted by molar-refractivity contribution is -0.0315. The minimum Gasteiger partial charge on any atom is -0.374 e. The molecule has 4 rings (SSSR count). The molecule has 6 heteroatoms. The van der Waals surface area contributed by atoms with E-state index in [2.05, 4.69) is 15.0 Å². The molecule has 2 aromatic heterocycles. The molecule has 1 unspecified atom stereocenters. The number of aromatic nitrogens is 3. The Balaban J connectivity index is 1.55. The van der Waals surface area contributed by atoms with Crippen LogP contribution in [0.15, 0.2) is 18.5 Å². The summed E-state index contributed by atoms with van der Waals surface area (Å²) in [6, 6.07) is 3.60. The molecular weight excluding hydrogens is 256 g/mol. The normalized spacial score (nSPS) is 23.2. The highest BCUT2D eigenvalue weighted by Gasteiger charge is 2.36. The fraction of sp³-hybridized carbons (Fsp3) is 0.500. The van der Waals surface area contributed by atoms with Crippen molar-refractivity contribution in [1.29, 1.82) is 0 Å². The van der Waals surface area contributed by atoms with Gasteiger partial charge in [0.1, 0.15) is 5.69 Å². The van der Waals surface area contributed by atoms with E-state index in [1.54, 1.807) is 12.4 Å². The number of carbonyl (C=O) groups is 1. The number of imidazole rings is 1. The lowest BCUT2D eigenvalue weighted by Crippen LogP contribution is -2.46. The fourth-order valence-electron chi connectivity index (χ4n) is 2.72. The molecule has 1 aliphatic heterocycles. The highest BCUT2D eigenvalue weighted by atomic mass is 16.5. The van der Waals surface area contributed by atoms with Gasteiger partial charge in [-0.1, -0.05) is 0 Å². The van der Waals surface area contributed by atoms with Gasteiger partial charge in [0.2, 0.25) is 0 Å². The average molecular weight is 272 g/mol. The molecule has 2 aromatic rings. The maximum atomic E-state index is 12.5. The SMILES string of the molecule is O=C(c1ccc2[nH]cnc2n1)N1CCOC(C2CC2)C1. The van der Waals surface area contributed by atoms with E-state index < -0.39 is 0 Å². The Hall–Kier alpha value is -1.95. The van der Waals surface area contributed by atoms with Gasteiger partial charge < -0.3 is 14.6 Å². The predicted octanol–water partition coefficient (Wildman–Crippen LogP) is 1.21. The quantitative estimate of drug-likeness (QED) is 0.892. The van der Waals surface area contributed by atoms with Crippen LogP contribution in [0.4, 0.5) is 0 Å². The number of ether oxygens (including phenoxy) is 1. The standard InChI is InChI=1S/C14H16N4O2/c19-14(11-4-3-10-13(17-11)16-8-15-10)18-5-6-20-12(7-18)9-1-2-9/h3-4,8-9,12H,1-2,5-7H2,(H,15,16,17). The molecule has 104 valence electrons. The van der Waals surface area contributed by atoms with Crippen molar-refractivity contribution >= 4 is 17.1 Å². The van der Waals surface area contributed by atoms with Gasteiger partial charge in [-0.25, -0.2) is 9.97 Å². The molecule has 0 spiro atoms. The van der Waals surface area contributed by atoms with E-state index in [9.17, 15) is 4.79 Å². The van der Waals surface area contributed by atoms with Crippen LogP contribution in [-0.2, 0) is 4.74 Å². The van der Waals surface area contributed by atoms with Gasteiger partial charge in [0.15, 0.2) is 5.65 Å². The van der Waals surface area contributed by atoms with E-state index >= 15 is 0 Å². The zero-order chi connectivity index (χ0) is 13.5. The van der Waals surface area contributed by atoms with Crippen LogP contribution in [0.2, 0.25) is 0 Å². The number of hydrogen-bond donors (Lipinski definition) is 1. The number of pyridine rings is 1. The molecule has 0 bridgehead atoms. The van der Waals surface area contributed by atoms with Crippen LogP contribution >= 0.6 is 0 Å². The predicted molar refractivity (Wildman–Crippen MR) is 72.3 cm³/mol. The first-order chi connectivity index (χ1) is 9.81. The summed E-state index contributed by atoms with van der Waals surface area (Å²) in [6.07, 6.45) is 4.25. The first-order valence-corrected chi connectivity index (χ1v) is 7.02. The summed E-state index contributed by atoms with van der Waals surface area (Å²) >= 11 is 0. The Kier molecular flexibility index (Phi) is 2.70. The largest absolute Gasteiger partial charge is 0.374 e. The molecule has 1 N–H and O–H groups in total. The van der Waals surface area contributed by atoms with Crippen molar-refractivity contribution in [1.82, 2.24) is 19.9 Å². The van der Waals surface area contributed by atoms with Gasteiger partial charge in [-0.2, -0.15) is 0 Å². The number of hydrogen-bond acceptors (Lipinski definition) is 4. The summed E-state index contributed by atoms with van der Waals surface area (Å²) in [5.41, 5.74) is 1.89. The molecule has 2 fully saturated rings. The van der Waals surface area contributed by atoms with Gasteiger partial charge in [0.05, 0.1) is 24.6 Å². The zero-order valence-electron chi connectivity index (χ0n) is 11.1. The Bertz CT molecular complexity index is 649. The molecule has 1 saturated carbocycles. The van der Waals surface area contributed by atoms with Gasteiger partial charge in [0, 0.05) is 13.1 Å². The van der Waals surface area contributed by atoms with Gasteiger partial charge in [-0.05, 0) is 30.9 Å². The topological polar surface area (TPSA) is 71.1 Å². The van der Waals surface area contributed by atoms with Crippen LogP contribution in [0.1, 0.15) is 23.3 Å². The van der Waals surface area contributed by atoms with Gasteiger partial charge in [0.25, 0.3) is 5.91 Å². The number of fused-ring (bicyclic) bond motifs is 1. The molecule has 1 atom stereocenters. The van der Waals surface area contributed by atoms with E-state index in [0.717, 1.165) is 5.52 Å². The number of aromatic amines is 1. The van der Waals surface area contributed by atoms with Crippen LogP contribution in [0, 0.1) is 5.92 Å². The van der Waals surface area contributed by atoms with Crippen LogP contribution in [0.3, 0.4) is 0 Å². The van der Waals surface area contributed by atoms with Gasteiger partial charge in [-0.3, -0.25) is 4.79 Å². The summed E-state index contributed by atoms with van der Waals surface area (Å²) in [6.45, 7) is 1.95. The molecule has 1 amide bonds. The molecule has 6 nitrogen and oxygen atoms in total. The zero-order valence-corrected chi connectivity index (χ0v) is 11.1. The number of H-pyrrole nitrogens is 1. The maximum absolute atomic E-state index is 12.5. The smallest absolute Gasteiger partial charge is 0.272 e. The first kappa shape index (κ1) is 11.8. The van der Waals surface area contributed by atoms with E-state index in [1.807, 2.05) is 11.0 Å². The second-order valence-electron chi connectivity index (χ2n) is 5.47. The number of carbonyl (C=O) groups excluding carboxylic acids is 1. The van der Waals surface area contributed by atoms with Crippen LogP contribution in [0.25, 0.3) is 11.2 Å². The minimum absolute atomic E-state index is 0.0242. The summed E-state index contributed by atoms with van der Waals surface area (Å²) in [5, 5.41) is 0. The lowest BCUT2D eigenvalue weighted by atomic mass is 10.1. The van der Waals surface area contributed by atoms with Crippen molar-refractivity contribution in [3.05, 3.63) is 24.2 Å². The fourth-order valence-corrected chi connectivity index (χ4v) is 2.72. The highest BCUT2D eigenvalue weighted by Crippen LogP contribution is 2.35. The van der Waals surface area contributed by atoms with Gasteiger partial charge in [-0.15, -0.1) is 0 Å². The average Bonchev–Trinajstić information content (AvgIpc) is 3.24. The lowest BCUT2D eigenvalue weighted by Gasteiger charge is -2.32. The summed E-state index contributed by atoms with van der Waals surface area (Å²) < 4.78 is 5.74. The minimum atomic E-state index is -0.0242. The van der Waals surface area contributed by atoms with Crippen molar-refractivity contribution < 1.29 is 9.53 Å². The number of nitrogens with zero attached hydrogens (tertiary/aromatic N) is 3. The van der Waals surface area contributed by atoms with E-state index in [-0.39, 0.29) is 12.0 Å². The second-order valence-corrected chi connectivity index (χ2v) is 5.47. The summed E-state index contributed by atoms with van der Waals surface area (Å²) in [5.74, 6) is 0.622. The van der Waals surface area contributed by atoms with Crippen molar-refractivity contribution in [2.24, 2.45) is 5.92 Å². The molecule has 0 aromatic carbocycles. The molecule has 2 aliphatic rings. The van der Waals surface area contributed by atoms with Crippen LogP contribution in [-0.4, -0.2) is 51.6 Å². The van der Waals surface area contributed by atoms with Crippen molar-refractivity contribution in [3.8, 4) is 0 Å². The van der Waals surface area contributed by atoms with Crippen molar-refractivity contribution in [2.75, 3.05) is 19.7 Å². The van der Waals surface area contributed by atoms with Crippen molar-refractivity contribution in [2.45, 2.75) is 18.9 Å². The molecular formula is C14H16N4O2. The number of rotatable bonds is 2. The molecule has 3 heterocycles. The number of morpholine rings is 1. The van der Waals surface area contributed by atoms with E-state index in [4.69, 9.17) is 4.74 Å². The Morgan fingerprint density at radius 2 is 2.30 bits per heavy atom. The van der Waals surface area contributed by atoms with Crippen LogP contribution < -0.4 is 0 Å². The Morgan fingerprint density at radius 3 is 3.15 bits per heavy atom. The summed E-state index contributed by atoms with van der Waals surface area (Å²) in [4.78, 5) is 25.8. The van der Waals surface area contributed by atoms with Crippen LogP contribution in [0.5, 0.6) is 0 Å². The Morgan fingerprint density at radius 1 is 1.40 bits per heavy atom. The molecule has 20 heavy (non-hydrogen) atoms. The third-order valence-corrected chi connectivity index (χ3v) is 4.03. The van der Waals surface area contributed by atoms with E-state index in [1.165, 1.54) is 12.8 Å². The Labute approximate surface area is 116 Å². The highest BCUT2D eigenvalue weighted by molar-refractivity contribution is 5.94. The molecule has 0 radical (unpaired) electrons. The monoisotopic (exact) mass is 272 g/mol. The molecule has 1 aliphatic carbocycles. The number of nitrogens with one attached hydrogen (secondary N) is 1. The third kappa shape index (κ3) is 2.06. The second kappa shape index (κ2) is 4.56. The van der Waals surface area contributed by atoms with Crippen molar-refractivity contribution in [3.63, 3.8) is 0 Å². The van der Waals surface area contributed by atoms with Gasteiger partial charge >= 0.3 is 0 Å². The van der Waals surface area contributed by atoms with E-state index in [0.29, 0.717) is 37.0 Å². The third-order valence-electron chi connectivity index (χ3n) is 4.03.